The number of hydrogen-bond donors (Lipinski definition) is 2. The van der Waals surface area contributed by atoms with Crippen molar-refractivity contribution >= 4 is 17.9 Å². The number of hydrogen-bond acceptors (Lipinski definition) is 6. The van der Waals surface area contributed by atoms with Crippen molar-refractivity contribution in [2.24, 2.45) is 5.14 Å². The zero-order valence-electron chi connectivity index (χ0n) is 7.32. The van der Waals surface area contributed by atoms with E-state index in [2.05, 4.69) is 20.3 Å². The Morgan fingerprint density at radius 1 is 1.38 bits per heavy atom. The number of aryl methyl sites for hydroxylation is 1. The van der Waals surface area contributed by atoms with Crippen LogP contribution in [0.25, 0.3) is 0 Å². The van der Waals surface area contributed by atoms with Crippen molar-refractivity contribution in [3.05, 3.63) is 5.82 Å². The number of anilines is 1. The molecule has 13 heavy (non-hydrogen) atoms. The molecule has 6 heteroatoms. The van der Waals surface area contributed by atoms with E-state index in [1.54, 1.807) is 0 Å². The maximum Gasteiger partial charge on any atom is 0.227 e. The van der Waals surface area contributed by atoms with E-state index in [1.165, 1.54) is 12.8 Å². The van der Waals surface area contributed by atoms with Crippen LogP contribution in [0.1, 0.15) is 18.7 Å². The fourth-order valence-corrected chi connectivity index (χ4v) is 1.31. The average molecular weight is 197 g/mol. The van der Waals surface area contributed by atoms with E-state index in [0.29, 0.717) is 23.0 Å². The monoisotopic (exact) mass is 197 g/mol. The van der Waals surface area contributed by atoms with Crippen LogP contribution in [0.3, 0.4) is 0 Å². The van der Waals surface area contributed by atoms with Gasteiger partial charge in [0.05, 0.1) is 0 Å². The number of nitrogens with zero attached hydrogens (tertiary/aromatic N) is 3. The Kier molecular flexibility index (Phi) is 2.32. The number of nitrogens with one attached hydrogen (secondary N) is 1. The summed E-state index contributed by atoms with van der Waals surface area (Å²) >= 11 is 1.04. The molecule has 0 bridgehead atoms. The third kappa shape index (κ3) is 2.28. The van der Waals surface area contributed by atoms with Crippen LogP contribution in [0.15, 0.2) is 5.16 Å². The highest BCUT2D eigenvalue weighted by atomic mass is 32.2. The van der Waals surface area contributed by atoms with Crippen LogP contribution < -0.4 is 10.5 Å². The van der Waals surface area contributed by atoms with Gasteiger partial charge >= 0.3 is 0 Å². The smallest absolute Gasteiger partial charge is 0.227 e. The molecule has 70 valence electrons. The third-order valence-corrected chi connectivity index (χ3v) is 2.14. The summed E-state index contributed by atoms with van der Waals surface area (Å²) in [6.07, 6.45) is 2.41. The zero-order chi connectivity index (χ0) is 9.26. The van der Waals surface area contributed by atoms with Gasteiger partial charge in [-0.15, -0.1) is 0 Å². The average Bonchev–Trinajstić information content (AvgIpc) is 2.87. The van der Waals surface area contributed by atoms with Crippen LogP contribution in [0, 0.1) is 6.92 Å². The first kappa shape index (κ1) is 8.71. The standard InChI is InChI=1S/C7H11N5S/c1-4-9-6(11-5-2-3-5)12-7(10-4)13-8/h5H,2-3,8H2,1H3,(H,9,10,11,12). The fraction of sp³-hybridized carbons (Fsp3) is 0.571. The van der Waals surface area contributed by atoms with Gasteiger partial charge in [0.25, 0.3) is 0 Å². The van der Waals surface area contributed by atoms with Crippen molar-refractivity contribution in [1.82, 2.24) is 15.0 Å². The summed E-state index contributed by atoms with van der Waals surface area (Å²) in [6, 6.07) is 0.553. The highest BCUT2D eigenvalue weighted by Crippen LogP contribution is 2.23. The molecule has 2 rings (SSSR count). The normalized spacial score (nSPS) is 15.8. The van der Waals surface area contributed by atoms with Crippen molar-refractivity contribution in [2.75, 3.05) is 5.32 Å². The molecule has 0 amide bonds. The molecule has 1 aliphatic rings. The molecule has 3 N–H and O–H groups in total. The number of aromatic nitrogens is 3. The van der Waals surface area contributed by atoms with Crippen molar-refractivity contribution in [3.63, 3.8) is 0 Å². The van der Waals surface area contributed by atoms with Gasteiger partial charge in [0.15, 0.2) is 0 Å². The largest absolute Gasteiger partial charge is 0.351 e. The van der Waals surface area contributed by atoms with Gasteiger partial charge in [-0.25, -0.2) is 4.98 Å². The first-order valence-corrected chi connectivity index (χ1v) is 5.02. The molecule has 1 aromatic heterocycles. The first-order valence-electron chi connectivity index (χ1n) is 4.14. The molecule has 0 atom stereocenters. The van der Waals surface area contributed by atoms with Gasteiger partial charge in [-0.2, -0.15) is 9.97 Å². The molecule has 0 saturated heterocycles. The van der Waals surface area contributed by atoms with Gasteiger partial charge in [0.1, 0.15) is 5.82 Å². The van der Waals surface area contributed by atoms with Gasteiger partial charge in [0.2, 0.25) is 11.1 Å². The highest BCUT2D eigenvalue weighted by molar-refractivity contribution is 7.96. The minimum absolute atomic E-state index is 0.553. The molecular formula is C7H11N5S. The van der Waals surface area contributed by atoms with Crippen LogP contribution in [-0.2, 0) is 0 Å². The summed E-state index contributed by atoms with van der Waals surface area (Å²) in [6.45, 7) is 1.83. The molecular weight excluding hydrogens is 186 g/mol. The predicted molar refractivity (Wildman–Crippen MR) is 51.3 cm³/mol. The summed E-state index contributed by atoms with van der Waals surface area (Å²) in [4.78, 5) is 12.4. The maximum atomic E-state index is 5.37. The topological polar surface area (TPSA) is 76.7 Å². The number of nitrogens with two attached hydrogens (primary N) is 1. The van der Waals surface area contributed by atoms with E-state index >= 15 is 0 Å². The summed E-state index contributed by atoms with van der Waals surface area (Å²) in [5.41, 5.74) is 0. The Balaban J connectivity index is 2.17. The lowest BCUT2D eigenvalue weighted by Crippen LogP contribution is -2.08. The number of rotatable bonds is 3. The lowest BCUT2D eigenvalue weighted by molar-refractivity contribution is 0.853. The second kappa shape index (κ2) is 3.47. The summed E-state index contributed by atoms with van der Waals surface area (Å²) in [7, 11) is 0. The van der Waals surface area contributed by atoms with E-state index in [0.717, 1.165) is 11.9 Å². The van der Waals surface area contributed by atoms with Crippen LogP contribution in [0.2, 0.25) is 0 Å². The van der Waals surface area contributed by atoms with E-state index in [4.69, 9.17) is 5.14 Å². The summed E-state index contributed by atoms with van der Waals surface area (Å²) in [5.74, 6) is 1.34. The predicted octanol–water partition coefficient (Wildman–Crippen LogP) is 0.720. The molecule has 0 unspecified atom stereocenters. The van der Waals surface area contributed by atoms with Crippen LogP contribution in [0.4, 0.5) is 5.95 Å². The lowest BCUT2D eigenvalue weighted by Gasteiger charge is -2.03. The van der Waals surface area contributed by atoms with E-state index in [-0.39, 0.29) is 0 Å². The SMILES string of the molecule is Cc1nc(NC2CC2)nc(SN)n1. The van der Waals surface area contributed by atoms with Gasteiger partial charge in [-0.3, -0.25) is 5.14 Å². The minimum atomic E-state index is 0.553. The quantitative estimate of drug-likeness (QED) is 0.695. The molecule has 5 nitrogen and oxygen atoms in total. The lowest BCUT2D eigenvalue weighted by atomic mass is 10.6. The molecule has 1 aromatic rings. The fourth-order valence-electron chi connectivity index (χ4n) is 0.985. The zero-order valence-corrected chi connectivity index (χ0v) is 8.14. The molecule has 1 fully saturated rings. The molecule has 0 aliphatic heterocycles. The Hall–Kier alpha value is -0.880. The summed E-state index contributed by atoms with van der Waals surface area (Å²) < 4.78 is 0. The Labute approximate surface area is 80.7 Å². The Morgan fingerprint density at radius 3 is 2.77 bits per heavy atom. The Bertz CT molecular complexity index is 312. The second-order valence-corrected chi connectivity index (χ2v) is 3.63. The van der Waals surface area contributed by atoms with Gasteiger partial charge in [-0.1, -0.05) is 0 Å². The molecule has 1 saturated carbocycles. The van der Waals surface area contributed by atoms with Crippen LogP contribution >= 0.6 is 11.9 Å². The first-order chi connectivity index (χ1) is 6.28. The van der Waals surface area contributed by atoms with Crippen molar-refractivity contribution in [3.8, 4) is 0 Å². The maximum absolute atomic E-state index is 5.37. The van der Waals surface area contributed by atoms with Gasteiger partial charge in [0, 0.05) is 6.04 Å². The van der Waals surface area contributed by atoms with Crippen molar-refractivity contribution < 1.29 is 0 Å². The molecule has 0 spiro atoms. The van der Waals surface area contributed by atoms with Gasteiger partial charge < -0.3 is 5.32 Å². The summed E-state index contributed by atoms with van der Waals surface area (Å²) in [5, 5.41) is 9.14. The molecule has 0 radical (unpaired) electrons. The van der Waals surface area contributed by atoms with Crippen LogP contribution in [0.5, 0.6) is 0 Å². The van der Waals surface area contributed by atoms with Crippen molar-refractivity contribution in [1.29, 1.82) is 0 Å². The van der Waals surface area contributed by atoms with E-state index < -0.39 is 0 Å². The van der Waals surface area contributed by atoms with Crippen LogP contribution in [-0.4, -0.2) is 21.0 Å². The molecule has 1 heterocycles. The minimum Gasteiger partial charge on any atom is -0.351 e. The molecule has 1 aliphatic carbocycles. The highest BCUT2D eigenvalue weighted by Gasteiger charge is 2.22. The third-order valence-electron chi connectivity index (χ3n) is 1.74. The molecule has 0 aromatic carbocycles. The van der Waals surface area contributed by atoms with E-state index in [1.807, 2.05) is 6.92 Å². The second-order valence-electron chi connectivity index (χ2n) is 3.03. The Morgan fingerprint density at radius 2 is 2.15 bits per heavy atom. The van der Waals surface area contributed by atoms with Gasteiger partial charge in [-0.05, 0) is 31.7 Å². The van der Waals surface area contributed by atoms with E-state index in [9.17, 15) is 0 Å². The van der Waals surface area contributed by atoms with Crippen molar-refractivity contribution in [2.45, 2.75) is 31.0 Å².